The monoisotopic (exact) mass is 332 g/mol. The Morgan fingerprint density at radius 2 is 1.88 bits per heavy atom. The summed E-state index contributed by atoms with van der Waals surface area (Å²) >= 11 is 0. The van der Waals surface area contributed by atoms with Crippen LogP contribution in [-0.4, -0.2) is 18.8 Å². The second-order valence-electron chi connectivity index (χ2n) is 5.90. The summed E-state index contributed by atoms with van der Waals surface area (Å²) in [6.45, 7) is 1.01. The Morgan fingerprint density at radius 1 is 1.08 bits per heavy atom. The van der Waals surface area contributed by atoms with Crippen LogP contribution >= 0.6 is 0 Å². The number of ether oxygens (including phenoxy) is 1. The summed E-state index contributed by atoms with van der Waals surface area (Å²) in [7, 11) is 1.55. The molecule has 0 bridgehead atoms. The zero-order valence-electron chi connectivity index (χ0n) is 14.1. The lowest BCUT2D eigenvalue weighted by atomic mass is 10.0. The molecule has 0 aliphatic rings. The van der Waals surface area contributed by atoms with E-state index in [0.29, 0.717) is 24.4 Å². The average Bonchev–Trinajstić information content (AvgIpc) is 2.67. The average molecular weight is 332 g/mol. The predicted octanol–water partition coefficient (Wildman–Crippen LogP) is 3.54. The van der Waals surface area contributed by atoms with E-state index in [1.54, 1.807) is 19.2 Å². The Morgan fingerprint density at radius 3 is 2.64 bits per heavy atom. The second-order valence-corrected chi connectivity index (χ2v) is 5.90. The van der Waals surface area contributed by atoms with E-state index in [1.807, 2.05) is 42.5 Å². The van der Waals surface area contributed by atoms with E-state index in [4.69, 9.17) is 10.00 Å². The molecule has 0 amide bonds. The minimum Gasteiger partial charge on any atom is -0.495 e. The van der Waals surface area contributed by atoms with E-state index >= 15 is 0 Å². The summed E-state index contributed by atoms with van der Waals surface area (Å²) < 4.78 is 5.14. The maximum Gasteiger partial charge on any atom is 0.136 e. The number of benzene rings is 3. The first-order valence-electron chi connectivity index (χ1n) is 8.16. The first-order valence-corrected chi connectivity index (χ1v) is 8.16. The van der Waals surface area contributed by atoms with Gasteiger partial charge in [0.1, 0.15) is 11.8 Å². The van der Waals surface area contributed by atoms with Crippen molar-refractivity contribution in [1.82, 2.24) is 5.32 Å². The number of hydrogen-bond acceptors (Lipinski definition) is 4. The van der Waals surface area contributed by atoms with Gasteiger partial charge in [-0.3, -0.25) is 0 Å². The summed E-state index contributed by atoms with van der Waals surface area (Å²) in [6, 6.07) is 21.7. The smallest absolute Gasteiger partial charge is 0.136 e. The van der Waals surface area contributed by atoms with Crippen LogP contribution in [0.5, 0.6) is 5.75 Å². The summed E-state index contributed by atoms with van der Waals surface area (Å²) in [5, 5.41) is 25.1. The molecule has 126 valence electrons. The summed E-state index contributed by atoms with van der Waals surface area (Å²) in [5.74, 6) is 0.572. The Balaban J connectivity index is 1.62. The van der Waals surface area contributed by atoms with Crippen LogP contribution < -0.4 is 10.1 Å². The van der Waals surface area contributed by atoms with Crippen LogP contribution in [0.15, 0.2) is 60.7 Å². The van der Waals surface area contributed by atoms with Gasteiger partial charge in [0.15, 0.2) is 0 Å². The van der Waals surface area contributed by atoms with Gasteiger partial charge in [-0.2, -0.15) is 5.26 Å². The van der Waals surface area contributed by atoms with Crippen molar-refractivity contribution in [3.05, 3.63) is 77.4 Å². The van der Waals surface area contributed by atoms with Crippen LogP contribution in [0.4, 0.5) is 0 Å². The van der Waals surface area contributed by atoms with Gasteiger partial charge in [0.25, 0.3) is 0 Å². The number of hydrogen-bond donors (Lipinski definition) is 2. The second kappa shape index (κ2) is 7.80. The van der Waals surface area contributed by atoms with Gasteiger partial charge < -0.3 is 15.2 Å². The fraction of sp³-hybridized carbons (Fsp3) is 0.190. The third kappa shape index (κ3) is 3.97. The molecule has 3 aromatic carbocycles. The van der Waals surface area contributed by atoms with Gasteiger partial charge in [0, 0.05) is 13.1 Å². The minimum absolute atomic E-state index is 0.437. The van der Waals surface area contributed by atoms with Crippen molar-refractivity contribution in [2.45, 2.75) is 12.6 Å². The normalized spacial score (nSPS) is 11.9. The molecule has 0 spiro atoms. The summed E-state index contributed by atoms with van der Waals surface area (Å²) in [5.41, 5.74) is 2.37. The Labute approximate surface area is 147 Å². The molecular weight excluding hydrogens is 312 g/mol. The van der Waals surface area contributed by atoms with Gasteiger partial charge in [0.2, 0.25) is 0 Å². The quantitative estimate of drug-likeness (QED) is 0.724. The van der Waals surface area contributed by atoms with E-state index < -0.39 is 6.10 Å². The third-order valence-corrected chi connectivity index (χ3v) is 4.21. The lowest BCUT2D eigenvalue weighted by Gasteiger charge is -2.13. The molecule has 0 radical (unpaired) electrons. The maximum absolute atomic E-state index is 10.4. The van der Waals surface area contributed by atoms with E-state index in [9.17, 15) is 5.11 Å². The number of nitriles is 1. The molecule has 0 aliphatic heterocycles. The SMILES string of the molecule is COc1ccc(CNCC(O)c2ccc3ccccc3c2)cc1C#N. The lowest BCUT2D eigenvalue weighted by Crippen LogP contribution is -2.21. The molecule has 0 fully saturated rings. The van der Waals surface area contributed by atoms with Crippen LogP contribution in [-0.2, 0) is 6.54 Å². The predicted molar refractivity (Wildman–Crippen MR) is 98.3 cm³/mol. The van der Waals surface area contributed by atoms with Crippen LogP contribution in [0, 0.1) is 11.3 Å². The molecule has 0 aromatic heterocycles. The minimum atomic E-state index is -0.585. The number of aliphatic hydroxyl groups is 1. The standard InChI is InChI=1S/C21H20N2O2/c1-25-21-9-6-15(10-19(21)12-22)13-23-14-20(24)18-8-7-16-4-2-3-5-17(16)11-18/h2-11,20,23-24H,13-14H2,1H3. The number of fused-ring (bicyclic) bond motifs is 1. The van der Waals surface area contributed by atoms with Crippen LogP contribution in [0.1, 0.15) is 22.8 Å². The molecule has 3 aromatic rings. The maximum atomic E-state index is 10.4. The molecular formula is C21H20N2O2. The van der Waals surface area contributed by atoms with E-state index in [-0.39, 0.29) is 0 Å². The summed E-state index contributed by atoms with van der Waals surface area (Å²) in [6.07, 6.45) is -0.585. The zero-order chi connectivity index (χ0) is 17.6. The Bertz CT molecular complexity index is 915. The molecule has 4 nitrogen and oxygen atoms in total. The Kier molecular flexibility index (Phi) is 5.30. The van der Waals surface area contributed by atoms with Gasteiger partial charge in [-0.1, -0.05) is 42.5 Å². The first-order chi connectivity index (χ1) is 12.2. The molecule has 3 rings (SSSR count). The fourth-order valence-corrected chi connectivity index (χ4v) is 2.84. The molecule has 25 heavy (non-hydrogen) atoms. The van der Waals surface area contributed by atoms with Gasteiger partial charge in [-0.25, -0.2) is 0 Å². The Hall–Kier alpha value is -2.87. The molecule has 0 saturated heterocycles. The van der Waals surface area contributed by atoms with Crippen molar-refractivity contribution < 1.29 is 9.84 Å². The van der Waals surface area contributed by atoms with Gasteiger partial charge >= 0.3 is 0 Å². The number of aliphatic hydroxyl groups excluding tert-OH is 1. The highest BCUT2D eigenvalue weighted by molar-refractivity contribution is 5.83. The van der Waals surface area contributed by atoms with Crippen LogP contribution in [0.2, 0.25) is 0 Å². The highest BCUT2D eigenvalue weighted by atomic mass is 16.5. The van der Waals surface area contributed by atoms with Crippen molar-refractivity contribution in [3.63, 3.8) is 0 Å². The van der Waals surface area contributed by atoms with E-state index in [2.05, 4.69) is 17.5 Å². The van der Waals surface area contributed by atoms with E-state index in [0.717, 1.165) is 21.9 Å². The molecule has 4 heteroatoms. The van der Waals surface area contributed by atoms with Gasteiger partial charge in [-0.15, -0.1) is 0 Å². The number of nitrogens with one attached hydrogen (secondary N) is 1. The number of rotatable bonds is 6. The van der Waals surface area contributed by atoms with E-state index in [1.165, 1.54) is 0 Å². The first kappa shape index (κ1) is 17.0. The van der Waals surface area contributed by atoms with Crippen molar-refractivity contribution in [2.75, 3.05) is 13.7 Å². The zero-order valence-corrected chi connectivity index (χ0v) is 14.1. The summed E-state index contributed by atoms with van der Waals surface area (Å²) in [4.78, 5) is 0. The lowest BCUT2D eigenvalue weighted by molar-refractivity contribution is 0.174. The van der Waals surface area contributed by atoms with Crippen LogP contribution in [0.25, 0.3) is 10.8 Å². The topological polar surface area (TPSA) is 65.3 Å². The molecule has 0 saturated carbocycles. The van der Waals surface area contributed by atoms with Gasteiger partial charge in [-0.05, 0) is 40.1 Å². The highest BCUT2D eigenvalue weighted by Gasteiger charge is 2.09. The third-order valence-electron chi connectivity index (χ3n) is 4.21. The van der Waals surface area contributed by atoms with Gasteiger partial charge in [0.05, 0.1) is 18.8 Å². The molecule has 0 heterocycles. The molecule has 1 atom stereocenters. The van der Waals surface area contributed by atoms with Crippen molar-refractivity contribution in [3.8, 4) is 11.8 Å². The van der Waals surface area contributed by atoms with Crippen LogP contribution in [0.3, 0.4) is 0 Å². The largest absolute Gasteiger partial charge is 0.495 e. The molecule has 0 aliphatic carbocycles. The molecule has 2 N–H and O–H groups in total. The number of nitrogens with zero attached hydrogens (tertiary/aromatic N) is 1. The van der Waals surface area contributed by atoms with Crippen molar-refractivity contribution in [1.29, 1.82) is 5.26 Å². The molecule has 1 unspecified atom stereocenters. The highest BCUT2D eigenvalue weighted by Crippen LogP contribution is 2.21. The fourth-order valence-electron chi connectivity index (χ4n) is 2.84. The number of methoxy groups -OCH3 is 1. The van der Waals surface area contributed by atoms with Crippen molar-refractivity contribution >= 4 is 10.8 Å². The van der Waals surface area contributed by atoms with Crippen molar-refractivity contribution in [2.24, 2.45) is 0 Å².